The second-order valence-corrected chi connectivity index (χ2v) is 7.12. The van der Waals surface area contributed by atoms with Crippen LogP contribution >= 0.6 is 11.3 Å². The van der Waals surface area contributed by atoms with Crippen LogP contribution in [0, 0.1) is 0 Å². The summed E-state index contributed by atoms with van der Waals surface area (Å²) in [4.78, 5) is 30.8. The number of hydrogen-bond donors (Lipinski definition) is 3. The highest BCUT2D eigenvalue weighted by molar-refractivity contribution is 7.18. The summed E-state index contributed by atoms with van der Waals surface area (Å²) < 4.78 is 10.2. The minimum atomic E-state index is -0.789. The standard InChI is InChI=1S/C17H20N6O5S/c1-9(3-5-18)19-16-21-22-17(29-16)20-14(25)12-7-11(13(27-2)15(26)28-12)23-6-4-10(24)8-23/h3,5,7,10,24H,4,6,8,18H2,1-2H3,(H,20,22,25)/b5-3-,19-9+/t10-/m0/s1. The normalized spacial score (nSPS) is 17.1. The highest BCUT2D eigenvalue weighted by atomic mass is 32.1. The number of aromatic nitrogens is 2. The van der Waals surface area contributed by atoms with Gasteiger partial charge in [-0.2, -0.15) is 0 Å². The minimum absolute atomic E-state index is 0.0216. The maximum absolute atomic E-state index is 12.6. The molecular weight excluding hydrogens is 400 g/mol. The van der Waals surface area contributed by atoms with Gasteiger partial charge in [-0.25, -0.2) is 9.79 Å². The molecule has 0 aromatic carbocycles. The molecule has 11 nitrogen and oxygen atoms in total. The van der Waals surface area contributed by atoms with E-state index in [1.807, 2.05) is 0 Å². The first kappa shape index (κ1) is 20.5. The number of carbonyl (C=O) groups excluding carboxylic acids is 1. The number of anilines is 2. The van der Waals surface area contributed by atoms with E-state index in [2.05, 4.69) is 20.5 Å². The van der Waals surface area contributed by atoms with E-state index in [9.17, 15) is 14.7 Å². The molecule has 1 fully saturated rings. The number of allylic oxidation sites excluding steroid dienone is 1. The zero-order chi connectivity index (χ0) is 21.0. The van der Waals surface area contributed by atoms with Crippen LogP contribution in [-0.4, -0.2) is 53.2 Å². The Balaban J connectivity index is 1.83. The van der Waals surface area contributed by atoms with Crippen LogP contribution in [0.25, 0.3) is 0 Å². The van der Waals surface area contributed by atoms with Gasteiger partial charge in [0.25, 0.3) is 5.91 Å². The van der Waals surface area contributed by atoms with Crippen LogP contribution in [0.15, 0.2) is 32.5 Å². The molecule has 2 aromatic rings. The van der Waals surface area contributed by atoms with Crippen LogP contribution in [0.5, 0.6) is 5.75 Å². The molecule has 2 aromatic heterocycles. The van der Waals surface area contributed by atoms with Crippen molar-refractivity contribution in [2.75, 3.05) is 30.4 Å². The molecule has 0 saturated carbocycles. The molecular formula is C17H20N6O5S. The topological polar surface area (TPSA) is 156 Å². The quantitative estimate of drug-likeness (QED) is 0.577. The number of ether oxygens (including phenoxy) is 1. The maximum atomic E-state index is 12.6. The number of hydrogen-bond acceptors (Lipinski definition) is 11. The van der Waals surface area contributed by atoms with Gasteiger partial charge in [-0.1, -0.05) is 11.3 Å². The van der Waals surface area contributed by atoms with E-state index < -0.39 is 17.6 Å². The Kier molecular flexibility index (Phi) is 6.24. The van der Waals surface area contributed by atoms with E-state index in [0.717, 1.165) is 11.3 Å². The number of nitrogens with zero attached hydrogens (tertiary/aromatic N) is 4. The van der Waals surface area contributed by atoms with Gasteiger partial charge in [0.1, 0.15) is 0 Å². The molecule has 0 radical (unpaired) electrons. The molecule has 3 heterocycles. The smallest absolute Gasteiger partial charge is 0.381 e. The molecule has 12 heteroatoms. The van der Waals surface area contributed by atoms with Gasteiger partial charge >= 0.3 is 5.63 Å². The first-order chi connectivity index (χ1) is 13.9. The lowest BCUT2D eigenvalue weighted by Crippen LogP contribution is -2.25. The fourth-order valence-corrected chi connectivity index (χ4v) is 3.43. The summed E-state index contributed by atoms with van der Waals surface area (Å²) >= 11 is 1.05. The molecule has 0 aliphatic carbocycles. The number of methoxy groups -OCH3 is 1. The van der Waals surface area contributed by atoms with Gasteiger partial charge in [-0.3, -0.25) is 10.1 Å². The number of nitrogens with two attached hydrogens (primary N) is 1. The molecule has 1 atom stereocenters. The van der Waals surface area contributed by atoms with Crippen LogP contribution in [0.4, 0.5) is 16.0 Å². The Labute approximate surface area is 169 Å². The van der Waals surface area contributed by atoms with Crippen LogP contribution < -0.4 is 26.3 Å². The van der Waals surface area contributed by atoms with Gasteiger partial charge in [-0.05, 0) is 25.6 Å². The highest BCUT2D eigenvalue weighted by Crippen LogP contribution is 2.30. The van der Waals surface area contributed by atoms with Crippen LogP contribution in [-0.2, 0) is 0 Å². The van der Waals surface area contributed by atoms with E-state index >= 15 is 0 Å². The van der Waals surface area contributed by atoms with Gasteiger partial charge in [0.15, 0.2) is 5.76 Å². The summed E-state index contributed by atoms with van der Waals surface area (Å²) in [5.74, 6) is -0.905. The van der Waals surface area contributed by atoms with Crippen molar-refractivity contribution in [3.63, 3.8) is 0 Å². The molecule has 1 aliphatic rings. The van der Waals surface area contributed by atoms with Crippen molar-refractivity contribution in [1.29, 1.82) is 0 Å². The molecule has 154 valence electrons. The second kappa shape index (κ2) is 8.84. The number of β-amino-alcohol motifs (C(OH)–C–C–N with tert-alkyl or cyclic N) is 1. The molecule has 0 bridgehead atoms. The van der Waals surface area contributed by atoms with Gasteiger partial charge in [-0.15, -0.1) is 10.2 Å². The van der Waals surface area contributed by atoms with Gasteiger partial charge in [0.2, 0.25) is 16.0 Å². The van der Waals surface area contributed by atoms with Crippen molar-refractivity contribution in [3.05, 3.63) is 34.5 Å². The SMILES string of the molecule is COc1c(N2CC[C@H](O)C2)cc(C(=O)Nc2nnc(/N=C(C)/C=C\N)s2)oc1=O. The molecule has 0 unspecified atom stereocenters. The summed E-state index contributed by atoms with van der Waals surface area (Å²) in [5, 5.41) is 20.5. The Hall–Kier alpha value is -3.25. The Morgan fingerprint density at radius 3 is 3.00 bits per heavy atom. The third-order valence-corrected chi connectivity index (χ3v) is 4.80. The molecule has 29 heavy (non-hydrogen) atoms. The molecule has 1 saturated heterocycles. The second-order valence-electron chi connectivity index (χ2n) is 6.16. The summed E-state index contributed by atoms with van der Waals surface area (Å²) in [6.07, 6.45) is 2.99. The summed E-state index contributed by atoms with van der Waals surface area (Å²) in [7, 11) is 1.34. The van der Waals surface area contributed by atoms with Gasteiger partial charge in [0.05, 0.1) is 18.9 Å². The van der Waals surface area contributed by atoms with Crippen molar-refractivity contribution in [3.8, 4) is 5.75 Å². The van der Waals surface area contributed by atoms with E-state index in [1.54, 1.807) is 17.9 Å². The number of nitrogens with one attached hydrogen (secondary N) is 1. The first-order valence-electron chi connectivity index (χ1n) is 8.64. The minimum Gasteiger partial charge on any atom is -0.488 e. The lowest BCUT2D eigenvalue weighted by Gasteiger charge is -2.20. The summed E-state index contributed by atoms with van der Waals surface area (Å²) in [6, 6.07) is 1.41. The number of amides is 1. The number of aliphatic imine (C=N–C) groups is 1. The van der Waals surface area contributed by atoms with Crippen LogP contribution in [0.2, 0.25) is 0 Å². The van der Waals surface area contributed by atoms with Gasteiger partial charge in [0, 0.05) is 24.9 Å². The average Bonchev–Trinajstić information content (AvgIpc) is 3.30. The first-order valence-corrected chi connectivity index (χ1v) is 9.46. The lowest BCUT2D eigenvalue weighted by atomic mass is 10.3. The predicted octanol–water partition coefficient (Wildman–Crippen LogP) is 0.888. The molecule has 4 N–H and O–H groups in total. The lowest BCUT2D eigenvalue weighted by molar-refractivity contribution is 0.0991. The van der Waals surface area contributed by atoms with E-state index in [-0.39, 0.29) is 16.6 Å². The van der Waals surface area contributed by atoms with Crippen LogP contribution in [0.1, 0.15) is 23.9 Å². The Morgan fingerprint density at radius 2 is 2.34 bits per heavy atom. The monoisotopic (exact) mass is 420 g/mol. The van der Waals surface area contributed by atoms with Crippen molar-refractivity contribution < 1.29 is 19.1 Å². The number of aliphatic hydroxyl groups excluding tert-OH is 1. The number of carbonyl (C=O) groups is 1. The molecule has 3 rings (SSSR count). The predicted molar refractivity (Wildman–Crippen MR) is 108 cm³/mol. The number of aliphatic hydroxyl groups is 1. The Bertz CT molecular complexity index is 1010. The third-order valence-electron chi connectivity index (χ3n) is 4.06. The van der Waals surface area contributed by atoms with Crippen molar-refractivity contribution >= 4 is 38.9 Å². The van der Waals surface area contributed by atoms with E-state index in [1.165, 1.54) is 19.4 Å². The zero-order valence-electron chi connectivity index (χ0n) is 15.8. The Morgan fingerprint density at radius 1 is 1.55 bits per heavy atom. The average molecular weight is 420 g/mol. The summed E-state index contributed by atoms with van der Waals surface area (Å²) in [5.41, 5.74) is 5.53. The third kappa shape index (κ3) is 4.78. The van der Waals surface area contributed by atoms with Crippen molar-refractivity contribution in [2.45, 2.75) is 19.4 Å². The maximum Gasteiger partial charge on any atom is 0.381 e. The fourth-order valence-electron chi connectivity index (χ4n) is 2.76. The van der Waals surface area contributed by atoms with Crippen LogP contribution in [0.3, 0.4) is 0 Å². The number of rotatable bonds is 6. The zero-order valence-corrected chi connectivity index (χ0v) is 16.6. The highest BCUT2D eigenvalue weighted by Gasteiger charge is 2.27. The largest absolute Gasteiger partial charge is 0.488 e. The van der Waals surface area contributed by atoms with Crippen molar-refractivity contribution in [1.82, 2.24) is 10.2 Å². The molecule has 1 aliphatic heterocycles. The van der Waals surface area contributed by atoms with E-state index in [4.69, 9.17) is 14.9 Å². The van der Waals surface area contributed by atoms with E-state index in [0.29, 0.717) is 36.0 Å². The van der Waals surface area contributed by atoms with Gasteiger partial charge < -0.3 is 24.9 Å². The summed E-state index contributed by atoms with van der Waals surface area (Å²) in [6.45, 7) is 2.59. The fraction of sp³-hybridized carbons (Fsp3) is 0.353. The van der Waals surface area contributed by atoms with Crippen molar-refractivity contribution in [2.24, 2.45) is 10.7 Å². The molecule has 1 amide bonds. The molecule has 0 spiro atoms.